The molecule has 3 N–H and O–H groups in total. The number of ether oxygens (including phenoxy) is 1. The molecule has 0 radical (unpaired) electrons. The van der Waals surface area contributed by atoms with Gasteiger partial charge in [0.25, 0.3) is 11.8 Å². The lowest BCUT2D eigenvalue weighted by atomic mass is 10.1. The molecule has 1 aliphatic heterocycles. The van der Waals surface area contributed by atoms with Gasteiger partial charge in [-0.1, -0.05) is 18.2 Å². The maximum Gasteiger partial charge on any atom is 0.257 e. The van der Waals surface area contributed by atoms with E-state index >= 15 is 0 Å². The van der Waals surface area contributed by atoms with Crippen molar-refractivity contribution in [1.82, 2.24) is 29.8 Å². The Labute approximate surface area is 201 Å². The van der Waals surface area contributed by atoms with Crippen molar-refractivity contribution < 1.29 is 14.3 Å². The highest BCUT2D eigenvalue weighted by atomic mass is 16.5. The predicted octanol–water partition coefficient (Wildman–Crippen LogP) is 2.55. The largest absolute Gasteiger partial charge is 0.480 e. The predicted molar refractivity (Wildman–Crippen MR) is 130 cm³/mol. The average molecular weight is 472 g/mol. The van der Waals surface area contributed by atoms with Crippen LogP contribution in [0.15, 0.2) is 54.9 Å². The van der Waals surface area contributed by atoms with E-state index in [-0.39, 0.29) is 35.8 Å². The zero-order chi connectivity index (χ0) is 24.4. The summed E-state index contributed by atoms with van der Waals surface area (Å²) in [6, 6.07) is 12.7. The minimum atomic E-state index is -0.354. The second kappa shape index (κ2) is 9.41. The summed E-state index contributed by atoms with van der Waals surface area (Å²) in [6.07, 6.45) is 5.41. The van der Waals surface area contributed by atoms with Gasteiger partial charge in [0, 0.05) is 43.2 Å². The molecule has 35 heavy (non-hydrogen) atoms. The Morgan fingerprint density at radius 1 is 1.09 bits per heavy atom. The summed E-state index contributed by atoms with van der Waals surface area (Å²) >= 11 is 0. The van der Waals surface area contributed by atoms with Crippen LogP contribution in [0.25, 0.3) is 16.8 Å². The van der Waals surface area contributed by atoms with Crippen molar-refractivity contribution in [2.75, 3.05) is 25.9 Å². The number of carbonyl (C=O) groups excluding carboxylic acids is 2. The summed E-state index contributed by atoms with van der Waals surface area (Å²) in [5.41, 5.74) is 9.43. The Morgan fingerprint density at radius 3 is 2.69 bits per heavy atom. The number of amides is 2. The monoisotopic (exact) mass is 471 g/mol. The van der Waals surface area contributed by atoms with Crippen molar-refractivity contribution in [3.05, 3.63) is 71.5 Å². The Hall–Kier alpha value is -4.47. The molecule has 178 valence electrons. The summed E-state index contributed by atoms with van der Waals surface area (Å²) in [6.45, 7) is 1.73. The summed E-state index contributed by atoms with van der Waals surface area (Å²) in [4.78, 5) is 36.5. The number of carbonyl (C=O) groups is 2. The van der Waals surface area contributed by atoms with Gasteiger partial charge in [-0.25, -0.2) is 9.50 Å². The zero-order valence-corrected chi connectivity index (χ0v) is 19.3. The maximum atomic E-state index is 13.2. The van der Waals surface area contributed by atoms with Crippen LogP contribution in [0, 0.1) is 0 Å². The first kappa shape index (κ1) is 22.3. The Kier molecular flexibility index (Phi) is 6.01. The lowest BCUT2D eigenvalue weighted by molar-refractivity contribution is 0.0790. The van der Waals surface area contributed by atoms with Crippen LogP contribution in [-0.2, 0) is 6.54 Å². The first-order valence-corrected chi connectivity index (χ1v) is 11.3. The van der Waals surface area contributed by atoms with Crippen molar-refractivity contribution >= 4 is 23.4 Å². The number of rotatable bonds is 6. The number of anilines is 1. The van der Waals surface area contributed by atoms with Gasteiger partial charge in [0.2, 0.25) is 11.8 Å². The van der Waals surface area contributed by atoms with E-state index in [0.717, 1.165) is 37.1 Å². The van der Waals surface area contributed by atoms with E-state index in [0.29, 0.717) is 16.8 Å². The topological polar surface area (TPSA) is 128 Å². The molecule has 0 unspecified atom stereocenters. The molecule has 5 rings (SSSR count). The number of benzene rings is 1. The standard InChI is InChI=1S/C25H25N7O3/c1-35-23-20(12-18(15-28-23)16-8-11-32-21(13-16)29-25(26)30-32)22(33)27-14-17-6-2-3-7-19(17)24(34)31-9-4-5-10-31/h2-3,6-8,11-13,15H,4-5,9-10,14H2,1H3,(H2,26,30)(H,27,33). The lowest BCUT2D eigenvalue weighted by Crippen LogP contribution is -2.30. The van der Waals surface area contributed by atoms with Crippen LogP contribution in [0.2, 0.25) is 0 Å². The summed E-state index contributed by atoms with van der Waals surface area (Å²) in [5, 5.41) is 6.99. The number of hydrogen-bond donors (Lipinski definition) is 2. The van der Waals surface area contributed by atoms with Crippen LogP contribution >= 0.6 is 0 Å². The quantitative estimate of drug-likeness (QED) is 0.442. The van der Waals surface area contributed by atoms with E-state index < -0.39 is 0 Å². The molecular formula is C25H25N7O3. The van der Waals surface area contributed by atoms with Crippen LogP contribution in [-0.4, -0.2) is 56.5 Å². The molecule has 0 saturated carbocycles. The van der Waals surface area contributed by atoms with Gasteiger partial charge < -0.3 is 20.7 Å². The van der Waals surface area contributed by atoms with Crippen molar-refractivity contribution in [1.29, 1.82) is 0 Å². The molecule has 4 aromatic rings. The molecular weight excluding hydrogens is 446 g/mol. The van der Waals surface area contributed by atoms with Crippen molar-refractivity contribution in [3.8, 4) is 17.0 Å². The number of pyridine rings is 2. The van der Waals surface area contributed by atoms with Crippen molar-refractivity contribution in [2.24, 2.45) is 0 Å². The second-order valence-corrected chi connectivity index (χ2v) is 8.31. The smallest absolute Gasteiger partial charge is 0.257 e. The van der Waals surface area contributed by atoms with Gasteiger partial charge in [-0.05, 0) is 48.2 Å². The van der Waals surface area contributed by atoms with Crippen molar-refractivity contribution in [3.63, 3.8) is 0 Å². The highest BCUT2D eigenvalue weighted by Crippen LogP contribution is 2.25. The van der Waals surface area contributed by atoms with Crippen LogP contribution in [0.4, 0.5) is 5.95 Å². The van der Waals surface area contributed by atoms with E-state index in [9.17, 15) is 9.59 Å². The van der Waals surface area contributed by atoms with E-state index in [1.165, 1.54) is 7.11 Å². The van der Waals surface area contributed by atoms with Crippen LogP contribution in [0.1, 0.15) is 39.1 Å². The number of nitrogens with one attached hydrogen (secondary N) is 1. The number of hydrogen-bond acceptors (Lipinski definition) is 7. The molecule has 1 saturated heterocycles. The third-order valence-corrected chi connectivity index (χ3v) is 6.06. The van der Waals surface area contributed by atoms with Gasteiger partial charge in [-0.3, -0.25) is 9.59 Å². The minimum absolute atomic E-state index is 0.00176. The van der Waals surface area contributed by atoms with Gasteiger partial charge in [-0.15, -0.1) is 5.10 Å². The number of aromatic nitrogens is 4. The molecule has 1 fully saturated rings. The zero-order valence-electron chi connectivity index (χ0n) is 19.3. The highest BCUT2D eigenvalue weighted by Gasteiger charge is 2.22. The van der Waals surface area contributed by atoms with Gasteiger partial charge in [0.05, 0.1) is 7.11 Å². The van der Waals surface area contributed by atoms with E-state index in [4.69, 9.17) is 10.5 Å². The number of likely N-dealkylation sites (tertiary alicyclic amines) is 1. The van der Waals surface area contributed by atoms with Gasteiger partial charge in [-0.2, -0.15) is 4.98 Å². The van der Waals surface area contributed by atoms with E-state index in [2.05, 4.69) is 20.4 Å². The number of nitrogens with zero attached hydrogens (tertiary/aromatic N) is 5. The second-order valence-electron chi connectivity index (χ2n) is 8.31. The summed E-state index contributed by atoms with van der Waals surface area (Å²) < 4.78 is 6.91. The summed E-state index contributed by atoms with van der Waals surface area (Å²) in [5.74, 6) is 0.0320. The molecule has 0 atom stereocenters. The average Bonchev–Trinajstić information content (AvgIpc) is 3.55. The fraction of sp³-hybridized carbons (Fsp3) is 0.240. The molecule has 10 nitrogen and oxygen atoms in total. The summed E-state index contributed by atoms with van der Waals surface area (Å²) in [7, 11) is 1.47. The van der Waals surface area contributed by atoms with E-state index in [1.807, 2.05) is 35.2 Å². The molecule has 10 heteroatoms. The van der Waals surface area contributed by atoms with Crippen LogP contribution < -0.4 is 15.8 Å². The minimum Gasteiger partial charge on any atom is -0.480 e. The molecule has 0 bridgehead atoms. The van der Waals surface area contributed by atoms with Crippen LogP contribution in [0.5, 0.6) is 5.88 Å². The van der Waals surface area contributed by atoms with Gasteiger partial charge >= 0.3 is 0 Å². The van der Waals surface area contributed by atoms with E-state index in [1.54, 1.807) is 29.0 Å². The molecule has 4 heterocycles. The fourth-order valence-electron chi connectivity index (χ4n) is 4.26. The molecule has 0 spiro atoms. The first-order chi connectivity index (χ1) is 17.0. The molecule has 2 amide bonds. The molecule has 0 aliphatic carbocycles. The maximum absolute atomic E-state index is 13.2. The Morgan fingerprint density at radius 2 is 1.89 bits per heavy atom. The van der Waals surface area contributed by atoms with Gasteiger partial charge in [0.1, 0.15) is 5.56 Å². The highest BCUT2D eigenvalue weighted by molar-refractivity contribution is 5.98. The lowest BCUT2D eigenvalue weighted by Gasteiger charge is -2.18. The molecule has 1 aromatic carbocycles. The Balaban J connectivity index is 1.38. The third kappa shape index (κ3) is 4.50. The Bertz CT molecular complexity index is 1410. The van der Waals surface area contributed by atoms with Crippen LogP contribution in [0.3, 0.4) is 0 Å². The first-order valence-electron chi connectivity index (χ1n) is 11.3. The van der Waals surface area contributed by atoms with Gasteiger partial charge in [0.15, 0.2) is 5.65 Å². The molecule has 3 aromatic heterocycles. The van der Waals surface area contributed by atoms with Crippen molar-refractivity contribution in [2.45, 2.75) is 19.4 Å². The fourth-order valence-corrected chi connectivity index (χ4v) is 4.26. The number of fused-ring (bicyclic) bond motifs is 1. The molecule has 1 aliphatic rings. The number of nitrogen functional groups attached to an aromatic ring is 1. The number of nitrogens with two attached hydrogens (primary N) is 1. The SMILES string of the molecule is COc1ncc(-c2ccn3nc(N)nc3c2)cc1C(=O)NCc1ccccc1C(=O)N1CCCC1. The third-order valence-electron chi connectivity index (χ3n) is 6.06. The normalized spacial score (nSPS) is 13.2. The number of methoxy groups -OCH3 is 1.